The summed E-state index contributed by atoms with van der Waals surface area (Å²) in [6.45, 7) is 0. The Balaban J connectivity index is 1.25. The van der Waals surface area contributed by atoms with Crippen molar-refractivity contribution in [2.24, 2.45) is 0 Å². The van der Waals surface area contributed by atoms with Gasteiger partial charge in [0.25, 0.3) is 0 Å². The van der Waals surface area contributed by atoms with Crippen LogP contribution in [0, 0.1) is 5.82 Å². The molecule has 2 amide bonds. The van der Waals surface area contributed by atoms with Gasteiger partial charge in [-0.05, 0) is 54.6 Å². The second-order valence-electron chi connectivity index (χ2n) is 7.40. The van der Waals surface area contributed by atoms with Crippen LogP contribution < -0.4 is 10.2 Å². The summed E-state index contributed by atoms with van der Waals surface area (Å²) in [4.78, 5) is 39.1. The van der Waals surface area contributed by atoms with E-state index < -0.39 is 17.3 Å². The van der Waals surface area contributed by atoms with Crippen molar-refractivity contribution in [1.29, 1.82) is 0 Å². The number of ether oxygens (including phenoxy) is 1. The zero-order chi connectivity index (χ0) is 22.2. The Hall–Kier alpha value is -3.65. The van der Waals surface area contributed by atoms with E-state index in [4.69, 9.17) is 4.74 Å². The number of nitrogens with zero attached hydrogens (tertiary/aromatic N) is 1. The number of amides is 2. The maximum Gasteiger partial charge on any atom is 0.340 e. The molecule has 0 spiro atoms. The van der Waals surface area contributed by atoms with Gasteiger partial charge in [-0.1, -0.05) is 18.2 Å². The van der Waals surface area contributed by atoms with Crippen LogP contribution in [0.15, 0.2) is 77.7 Å². The molecule has 1 N–H and O–H groups in total. The topological polar surface area (TPSA) is 75.7 Å². The second-order valence-corrected chi connectivity index (χ2v) is 8.67. The fraction of sp³-hybridized carbons (Fsp3) is 0.125. The van der Waals surface area contributed by atoms with Gasteiger partial charge in [-0.2, -0.15) is 0 Å². The first-order valence-electron chi connectivity index (χ1n) is 9.95. The molecular weight excluding hydrogens is 431 g/mol. The van der Waals surface area contributed by atoms with Crippen LogP contribution in [0.2, 0.25) is 0 Å². The molecule has 2 atom stereocenters. The predicted molar refractivity (Wildman–Crippen MR) is 118 cm³/mol. The van der Waals surface area contributed by atoms with Gasteiger partial charge in [-0.25, -0.2) is 14.1 Å². The lowest BCUT2D eigenvalue weighted by Gasteiger charge is -2.16. The maximum absolute atomic E-state index is 13.2. The van der Waals surface area contributed by atoms with Gasteiger partial charge in [0.2, 0.25) is 18.0 Å². The molecule has 0 aromatic heterocycles. The largest absolute Gasteiger partial charge is 0.434 e. The Morgan fingerprint density at radius 1 is 0.938 bits per heavy atom. The van der Waals surface area contributed by atoms with Crippen molar-refractivity contribution in [3.63, 3.8) is 0 Å². The quantitative estimate of drug-likeness (QED) is 0.457. The molecule has 1 saturated heterocycles. The fourth-order valence-electron chi connectivity index (χ4n) is 3.76. The molecule has 0 aliphatic carbocycles. The molecule has 8 heteroatoms. The van der Waals surface area contributed by atoms with E-state index in [9.17, 15) is 18.8 Å². The third kappa shape index (κ3) is 3.73. The number of carbonyl (C=O) groups excluding carboxylic acids is 3. The van der Waals surface area contributed by atoms with E-state index in [0.717, 1.165) is 21.0 Å². The Morgan fingerprint density at radius 2 is 1.66 bits per heavy atom. The van der Waals surface area contributed by atoms with Gasteiger partial charge >= 0.3 is 5.97 Å². The monoisotopic (exact) mass is 448 g/mol. The minimum atomic E-state index is -0.560. The fourth-order valence-corrected chi connectivity index (χ4v) is 4.81. The molecule has 2 aliphatic rings. The van der Waals surface area contributed by atoms with Crippen molar-refractivity contribution >= 4 is 40.9 Å². The first-order valence-corrected chi connectivity index (χ1v) is 10.8. The van der Waals surface area contributed by atoms with Gasteiger partial charge in [0.1, 0.15) is 5.82 Å². The first-order chi connectivity index (χ1) is 15.5. The third-order valence-corrected chi connectivity index (χ3v) is 6.51. The summed E-state index contributed by atoms with van der Waals surface area (Å²) >= 11 is 1.31. The number of anilines is 2. The highest BCUT2D eigenvalue weighted by molar-refractivity contribution is 8.00. The lowest BCUT2D eigenvalue weighted by molar-refractivity contribution is -0.121. The second kappa shape index (κ2) is 8.12. The molecule has 3 aromatic carbocycles. The van der Waals surface area contributed by atoms with Gasteiger partial charge in [-0.3, -0.25) is 9.59 Å². The SMILES string of the molecule is O=C1OC(Nc2ccc(SC3CC(=O)N(c4ccc(F)cc4)C3=O)cc2)c2ccccc21. The summed E-state index contributed by atoms with van der Waals surface area (Å²) in [6, 6.07) is 19.9. The summed E-state index contributed by atoms with van der Waals surface area (Å²) in [5.41, 5.74) is 2.46. The van der Waals surface area contributed by atoms with Crippen LogP contribution >= 0.6 is 11.8 Å². The van der Waals surface area contributed by atoms with Crippen LogP contribution in [0.4, 0.5) is 15.8 Å². The van der Waals surface area contributed by atoms with Gasteiger partial charge in [-0.15, -0.1) is 11.8 Å². The molecule has 2 aliphatic heterocycles. The van der Waals surface area contributed by atoms with E-state index in [0.29, 0.717) is 11.3 Å². The number of fused-ring (bicyclic) bond motifs is 1. The minimum Gasteiger partial charge on any atom is -0.434 e. The molecular formula is C24H17FN2O4S. The number of carbonyl (C=O) groups is 3. The van der Waals surface area contributed by atoms with Crippen LogP contribution in [0.3, 0.4) is 0 Å². The lowest BCUT2D eigenvalue weighted by Crippen LogP contribution is -2.31. The minimum absolute atomic E-state index is 0.0791. The van der Waals surface area contributed by atoms with E-state index >= 15 is 0 Å². The van der Waals surface area contributed by atoms with Gasteiger partial charge < -0.3 is 10.1 Å². The van der Waals surface area contributed by atoms with Gasteiger partial charge in [0.05, 0.1) is 16.5 Å². The Bertz CT molecular complexity index is 1210. The number of esters is 1. The number of halogens is 1. The molecule has 5 rings (SSSR count). The van der Waals surface area contributed by atoms with Crippen molar-refractivity contribution in [3.05, 3.63) is 89.7 Å². The summed E-state index contributed by atoms with van der Waals surface area (Å²) in [5.74, 6) is -1.41. The number of hydrogen-bond acceptors (Lipinski definition) is 6. The highest BCUT2D eigenvalue weighted by Gasteiger charge is 2.40. The average Bonchev–Trinajstić information content (AvgIpc) is 3.26. The Morgan fingerprint density at radius 3 is 2.41 bits per heavy atom. The van der Waals surface area contributed by atoms with Crippen molar-refractivity contribution in [3.8, 4) is 0 Å². The third-order valence-electron chi connectivity index (χ3n) is 5.31. The summed E-state index contributed by atoms with van der Waals surface area (Å²) < 4.78 is 18.6. The number of hydrogen-bond donors (Lipinski definition) is 1. The number of benzene rings is 3. The highest BCUT2D eigenvalue weighted by atomic mass is 32.2. The molecule has 1 fully saturated rings. The molecule has 0 bridgehead atoms. The molecule has 160 valence electrons. The summed E-state index contributed by atoms with van der Waals surface area (Å²) in [7, 11) is 0. The van der Waals surface area contributed by atoms with Gasteiger partial charge in [0.15, 0.2) is 0 Å². The van der Waals surface area contributed by atoms with Crippen molar-refractivity contribution < 1.29 is 23.5 Å². The molecule has 0 radical (unpaired) electrons. The van der Waals surface area contributed by atoms with E-state index in [2.05, 4.69) is 5.32 Å². The standard InChI is InChI=1S/C24H17FN2O4S/c25-14-5-9-16(10-6-14)27-21(28)13-20(23(27)29)32-17-11-7-15(8-12-17)26-22-18-3-1-2-4-19(18)24(30)31-22/h1-12,20,22,26H,13H2. The van der Waals surface area contributed by atoms with E-state index in [-0.39, 0.29) is 24.2 Å². The van der Waals surface area contributed by atoms with Crippen molar-refractivity contribution in [2.75, 3.05) is 10.2 Å². The smallest absolute Gasteiger partial charge is 0.340 e. The first kappa shape index (κ1) is 20.3. The molecule has 6 nitrogen and oxygen atoms in total. The van der Waals surface area contributed by atoms with Crippen LogP contribution in [-0.2, 0) is 14.3 Å². The molecule has 0 saturated carbocycles. The molecule has 2 unspecified atom stereocenters. The normalized spacial score (nSPS) is 19.8. The van der Waals surface area contributed by atoms with Crippen LogP contribution in [0.5, 0.6) is 0 Å². The van der Waals surface area contributed by atoms with Crippen molar-refractivity contribution in [2.45, 2.75) is 22.8 Å². The van der Waals surface area contributed by atoms with E-state index in [1.807, 2.05) is 36.4 Å². The zero-order valence-corrected chi connectivity index (χ0v) is 17.5. The number of imide groups is 1. The van der Waals surface area contributed by atoms with Crippen LogP contribution in [-0.4, -0.2) is 23.0 Å². The maximum atomic E-state index is 13.2. The van der Waals surface area contributed by atoms with Crippen LogP contribution in [0.25, 0.3) is 0 Å². The van der Waals surface area contributed by atoms with E-state index in [1.54, 1.807) is 12.1 Å². The molecule has 2 heterocycles. The number of thioether (sulfide) groups is 1. The number of cyclic esters (lactones) is 1. The van der Waals surface area contributed by atoms with Crippen molar-refractivity contribution in [1.82, 2.24) is 0 Å². The Labute approximate surface area is 187 Å². The van der Waals surface area contributed by atoms with Gasteiger partial charge in [0, 0.05) is 22.6 Å². The lowest BCUT2D eigenvalue weighted by atomic mass is 10.1. The number of rotatable bonds is 5. The summed E-state index contributed by atoms with van der Waals surface area (Å²) in [6.07, 6.45) is -0.481. The molecule has 3 aromatic rings. The predicted octanol–water partition coefficient (Wildman–Crippen LogP) is 4.53. The highest BCUT2D eigenvalue weighted by Crippen LogP contribution is 2.35. The summed E-state index contributed by atoms with van der Waals surface area (Å²) in [5, 5.41) is 2.64. The molecule has 32 heavy (non-hydrogen) atoms. The Kier molecular flexibility index (Phi) is 5.14. The number of nitrogens with one attached hydrogen (secondary N) is 1. The van der Waals surface area contributed by atoms with Crippen LogP contribution in [0.1, 0.15) is 28.6 Å². The van der Waals surface area contributed by atoms with E-state index in [1.165, 1.54) is 36.0 Å². The zero-order valence-electron chi connectivity index (χ0n) is 16.7. The average molecular weight is 448 g/mol.